The normalized spacial score (nSPS) is 29.2. The predicted octanol–water partition coefficient (Wildman–Crippen LogP) is 2.05. The van der Waals surface area contributed by atoms with Crippen LogP contribution in [0, 0.1) is 5.41 Å². The summed E-state index contributed by atoms with van der Waals surface area (Å²) < 4.78 is 0. The van der Waals surface area contributed by atoms with E-state index in [-0.39, 0.29) is 11.8 Å². The molecule has 2 atom stereocenters. The quantitative estimate of drug-likeness (QED) is 0.831. The Morgan fingerprint density at radius 2 is 2.00 bits per heavy atom. The summed E-state index contributed by atoms with van der Waals surface area (Å²) in [6.45, 7) is 1.61. The number of likely N-dealkylation sites (tertiary alicyclic amines) is 1. The fourth-order valence-electron chi connectivity index (χ4n) is 3.77. The maximum atomic E-state index is 12.5. The topological polar surface area (TPSA) is 69.6 Å². The molecule has 2 aliphatic heterocycles. The van der Waals surface area contributed by atoms with Crippen LogP contribution in [0.15, 0.2) is 30.3 Å². The summed E-state index contributed by atoms with van der Waals surface area (Å²) in [6.07, 6.45) is 1.21. The summed E-state index contributed by atoms with van der Waals surface area (Å²) in [5.74, 6) is 0.225. The van der Waals surface area contributed by atoms with Crippen molar-refractivity contribution >= 4 is 12.0 Å². The van der Waals surface area contributed by atoms with Crippen LogP contribution in [0.2, 0.25) is 0 Å². The first kappa shape index (κ1) is 13.9. The number of hydrogen-bond donors (Lipinski definition) is 2. The molecule has 1 spiro atoms. The molecular formula is C16H20N2O3. The van der Waals surface area contributed by atoms with Gasteiger partial charge in [0.15, 0.2) is 0 Å². The monoisotopic (exact) mass is 288 g/mol. The highest BCUT2D eigenvalue weighted by Crippen LogP contribution is 2.47. The summed E-state index contributed by atoms with van der Waals surface area (Å²) in [4.78, 5) is 25.1. The summed E-state index contributed by atoms with van der Waals surface area (Å²) in [5, 5.41) is 12.2. The van der Waals surface area contributed by atoms with E-state index in [4.69, 9.17) is 5.11 Å². The Bertz CT molecular complexity index is 546. The van der Waals surface area contributed by atoms with Gasteiger partial charge >= 0.3 is 6.09 Å². The second-order valence-corrected chi connectivity index (χ2v) is 5.95. The molecule has 112 valence electrons. The zero-order valence-corrected chi connectivity index (χ0v) is 11.9. The number of amides is 2. The number of nitrogens with one attached hydrogen (secondary N) is 1. The second kappa shape index (κ2) is 5.39. The highest BCUT2D eigenvalue weighted by atomic mass is 16.4. The summed E-state index contributed by atoms with van der Waals surface area (Å²) in [6, 6.07) is 10.1. The largest absolute Gasteiger partial charge is 0.465 e. The van der Waals surface area contributed by atoms with Crippen LogP contribution in [0.25, 0.3) is 0 Å². The molecule has 0 aromatic heterocycles. The lowest BCUT2D eigenvalue weighted by Crippen LogP contribution is -2.36. The van der Waals surface area contributed by atoms with Crippen molar-refractivity contribution in [3.63, 3.8) is 0 Å². The van der Waals surface area contributed by atoms with E-state index in [0.717, 1.165) is 12.8 Å². The van der Waals surface area contributed by atoms with Crippen LogP contribution in [-0.4, -0.2) is 41.6 Å². The Labute approximate surface area is 123 Å². The number of nitrogens with zero attached hydrogens (tertiary/aromatic N) is 1. The Balaban J connectivity index is 1.89. The molecule has 1 aromatic rings. The van der Waals surface area contributed by atoms with Crippen molar-refractivity contribution in [3.8, 4) is 0 Å². The first-order valence-corrected chi connectivity index (χ1v) is 7.44. The summed E-state index contributed by atoms with van der Waals surface area (Å²) >= 11 is 0. The van der Waals surface area contributed by atoms with E-state index in [1.165, 1.54) is 10.5 Å². The van der Waals surface area contributed by atoms with Crippen LogP contribution in [0.5, 0.6) is 0 Å². The highest BCUT2D eigenvalue weighted by molar-refractivity contribution is 5.86. The molecule has 2 fully saturated rings. The van der Waals surface area contributed by atoms with Crippen LogP contribution in [0.3, 0.4) is 0 Å². The third-order valence-electron chi connectivity index (χ3n) is 4.94. The lowest BCUT2D eigenvalue weighted by Gasteiger charge is -2.31. The third-order valence-corrected chi connectivity index (χ3v) is 4.94. The number of carboxylic acid groups (broad SMARTS) is 1. The van der Waals surface area contributed by atoms with Crippen LogP contribution in [0.4, 0.5) is 4.79 Å². The van der Waals surface area contributed by atoms with Crippen molar-refractivity contribution in [2.24, 2.45) is 5.41 Å². The van der Waals surface area contributed by atoms with Gasteiger partial charge in [-0.2, -0.15) is 0 Å². The minimum absolute atomic E-state index is 0.0867. The van der Waals surface area contributed by atoms with Gasteiger partial charge in [-0.15, -0.1) is 0 Å². The molecule has 2 unspecified atom stereocenters. The average Bonchev–Trinajstić information content (AvgIpc) is 2.67. The van der Waals surface area contributed by atoms with Gasteiger partial charge in [0.1, 0.15) is 0 Å². The van der Waals surface area contributed by atoms with Crippen molar-refractivity contribution in [1.29, 1.82) is 0 Å². The smallest absolute Gasteiger partial charge is 0.407 e. The molecule has 2 aliphatic rings. The molecule has 5 nitrogen and oxygen atoms in total. The zero-order valence-electron chi connectivity index (χ0n) is 11.9. The van der Waals surface area contributed by atoms with E-state index < -0.39 is 11.5 Å². The number of benzene rings is 1. The summed E-state index contributed by atoms with van der Waals surface area (Å²) in [5.41, 5.74) is 0.713. The molecule has 21 heavy (non-hydrogen) atoms. The fourth-order valence-corrected chi connectivity index (χ4v) is 3.77. The van der Waals surface area contributed by atoms with Gasteiger partial charge in [0.05, 0.1) is 5.41 Å². The van der Waals surface area contributed by atoms with E-state index in [9.17, 15) is 9.59 Å². The molecule has 0 bridgehead atoms. The number of carbonyl (C=O) groups is 2. The van der Waals surface area contributed by atoms with Crippen LogP contribution >= 0.6 is 0 Å². The fraction of sp³-hybridized carbons (Fsp3) is 0.500. The maximum Gasteiger partial charge on any atom is 0.407 e. The molecule has 2 saturated heterocycles. The van der Waals surface area contributed by atoms with Crippen molar-refractivity contribution < 1.29 is 14.7 Å². The standard InChI is InChI=1S/C16H20N2O3/c19-14-16(7-4-9-18(10-8-16)15(20)21)13(11-17-14)12-5-2-1-3-6-12/h1-3,5-6,13H,4,7-11H2,(H,17,19)(H,20,21). The van der Waals surface area contributed by atoms with Crippen molar-refractivity contribution in [3.05, 3.63) is 35.9 Å². The first-order chi connectivity index (χ1) is 10.1. The molecule has 5 heteroatoms. The van der Waals surface area contributed by atoms with E-state index >= 15 is 0 Å². The third kappa shape index (κ3) is 2.37. The van der Waals surface area contributed by atoms with Gasteiger partial charge in [0.25, 0.3) is 0 Å². The Hall–Kier alpha value is -2.04. The highest BCUT2D eigenvalue weighted by Gasteiger charge is 2.51. The van der Waals surface area contributed by atoms with Crippen LogP contribution in [-0.2, 0) is 4.79 Å². The molecular weight excluding hydrogens is 268 g/mol. The molecule has 2 N–H and O–H groups in total. The molecule has 2 amide bonds. The van der Waals surface area contributed by atoms with Gasteiger partial charge in [0.2, 0.25) is 5.91 Å². The number of hydrogen-bond acceptors (Lipinski definition) is 2. The molecule has 3 rings (SSSR count). The summed E-state index contributed by atoms with van der Waals surface area (Å²) in [7, 11) is 0. The Kier molecular flexibility index (Phi) is 3.57. The first-order valence-electron chi connectivity index (χ1n) is 7.44. The Morgan fingerprint density at radius 1 is 1.24 bits per heavy atom. The molecule has 2 heterocycles. The predicted molar refractivity (Wildman–Crippen MR) is 78.1 cm³/mol. The minimum atomic E-state index is -0.887. The SMILES string of the molecule is O=C(O)N1CCCC2(CC1)C(=O)NCC2c1ccccc1. The van der Waals surface area contributed by atoms with Crippen molar-refractivity contribution in [2.75, 3.05) is 19.6 Å². The van der Waals surface area contributed by atoms with Crippen molar-refractivity contribution in [2.45, 2.75) is 25.2 Å². The van der Waals surface area contributed by atoms with E-state index in [0.29, 0.717) is 26.1 Å². The van der Waals surface area contributed by atoms with Gasteiger partial charge in [-0.25, -0.2) is 4.79 Å². The lowest BCUT2D eigenvalue weighted by atomic mass is 9.69. The second-order valence-electron chi connectivity index (χ2n) is 5.95. The molecule has 0 radical (unpaired) electrons. The minimum Gasteiger partial charge on any atom is -0.465 e. The van der Waals surface area contributed by atoms with Gasteiger partial charge in [0, 0.05) is 25.6 Å². The van der Waals surface area contributed by atoms with E-state index in [2.05, 4.69) is 17.4 Å². The van der Waals surface area contributed by atoms with E-state index in [1.54, 1.807) is 0 Å². The Morgan fingerprint density at radius 3 is 2.71 bits per heavy atom. The number of rotatable bonds is 1. The van der Waals surface area contributed by atoms with Crippen molar-refractivity contribution in [1.82, 2.24) is 10.2 Å². The van der Waals surface area contributed by atoms with Crippen LogP contribution < -0.4 is 5.32 Å². The van der Waals surface area contributed by atoms with Crippen LogP contribution in [0.1, 0.15) is 30.7 Å². The molecule has 0 saturated carbocycles. The van der Waals surface area contributed by atoms with E-state index in [1.807, 2.05) is 18.2 Å². The van der Waals surface area contributed by atoms with Gasteiger partial charge in [-0.3, -0.25) is 4.79 Å². The lowest BCUT2D eigenvalue weighted by molar-refractivity contribution is -0.128. The molecule has 0 aliphatic carbocycles. The van der Waals surface area contributed by atoms with Gasteiger partial charge in [-0.05, 0) is 24.8 Å². The number of carbonyl (C=O) groups excluding carboxylic acids is 1. The van der Waals surface area contributed by atoms with Gasteiger partial charge in [-0.1, -0.05) is 30.3 Å². The zero-order chi connectivity index (χ0) is 14.9. The van der Waals surface area contributed by atoms with Gasteiger partial charge < -0.3 is 15.3 Å². The average molecular weight is 288 g/mol. The molecule has 1 aromatic carbocycles. The maximum absolute atomic E-state index is 12.5.